The maximum Gasteiger partial charge on any atom is 0.310 e. The first kappa shape index (κ1) is 14.5. The third-order valence-corrected chi connectivity index (χ3v) is 2.58. The first-order chi connectivity index (χ1) is 6.75. The van der Waals surface area contributed by atoms with Crippen LogP contribution in [0.5, 0.6) is 0 Å². The van der Waals surface area contributed by atoms with Crippen molar-refractivity contribution in [1.82, 2.24) is 0 Å². The van der Waals surface area contributed by atoms with E-state index in [1.54, 1.807) is 0 Å². The molecule has 0 saturated carbocycles. The lowest BCUT2D eigenvalue weighted by molar-refractivity contribution is -0.149. The van der Waals surface area contributed by atoms with E-state index < -0.39 is 0 Å². The predicted octanol–water partition coefficient (Wildman–Crippen LogP) is 2.04. The van der Waals surface area contributed by atoms with Gasteiger partial charge in [0.05, 0.1) is 12.5 Å². The molecule has 0 aliphatic heterocycles. The summed E-state index contributed by atoms with van der Waals surface area (Å²) in [4.78, 5) is 11.5. The smallest absolute Gasteiger partial charge is 0.310 e. The molecule has 88 valence electrons. The number of esters is 1. The molecule has 0 bridgehead atoms. The van der Waals surface area contributed by atoms with Crippen LogP contribution in [0.3, 0.4) is 0 Å². The molecule has 1 rings (SSSR count). The summed E-state index contributed by atoms with van der Waals surface area (Å²) in [5, 5.41) is 0. The number of carbonyl (C=O) groups excluding carboxylic acids is 1. The monoisotopic (exact) mass is 233 g/mol. The van der Waals surface area contributed by atoms with Crippen molar-refractivity contribution in [3.8, 4) is 0 Å². The van der Waals surface area contributed by atoms with Gasteiger partial charge in [-0.3, -0.25) is 4.79 Å². The zero-order valence-electron chi connectivity index (χ0n) is 9.15. The predicted molar refractivity (Wildman–Crippen MR) is 63.0 cm³/mol. The molecule has 1 aliphatic rings. The van der Waals surface area contributed by atoms with Crippen LogP contribution in [-0.4, -0.2) is 18.6 Å². The summed E-state index contributed by atoms with van der Waals surface area (Å²) in [7, 11) is 0. The molecular formula is C11H20ClNO2. The second kappa shape index (κ2) is 7.71. The van der Waals surface area contributed by atoms with Gasteiger partial charge in [-0.15, -0.1) is 12.4 Å². The fourth-order valence-electron chi connectivity index (χ4n) is 1.76. The van der Waals surface area contributed by atoms with Gasteiger partial charge in [0, 0.05) is 6.04 Å². The normalized spacial score (nSPS) is 28.1. The van der Waals surface area contributed by atoms with Crippen LogP contribution in [-0.2, 0) is 9.53 Å². The van der Waals surface area contributed by atoms with Crippen molar-refractivity contribution in [2.45, 2.75) is 38.6 Å². The van der Waals surface area contributed by atoms with Crippen molar-refractivity contribution in [2.75, 3.05) is 6.61 Å². The molecule has 2 N–H and O–H groups in total. The molecule has 0 fully saturated rings. The Labute approximate surface area is 97.5 Å². The summed E-state index contributed by atoms with van der Waals surface area (Å²) >= 11 is 0. The van der Waals surface area contributed by atoms with Crippen molar-refractivity contribution >= 4 is 18.4 Å². The highest BCUT2D eigenvalue weighted by Crippen LogP contribution is 2.19. The molecule has 0 heterocycles. The molecule has 0 unspecified atom stereocenters. The van der Waals surface area contributed by atoms with E-state index in [0.29, 0.717) is 6.61 Å². The Kier molecular flexibility index (Phi) is 7.44. The van der Waals surface area contributed by atoms with Gasteiger partial charge in [0.1, 0.15) is 0 Å². The number of ether oxygens (including phenoxy) is 1. The molecule has 3 nitrogen and oxygen atoms in total. The lowest BCUT2D eigenvalue weighted by atomic mass is 9.90. The summed E-state index contributed by atoms with van der Waals surface area (Å²) in [6, 6.07) is -0.0426. The van der Waals surface area contributed by atoms with Crippen LogP contribution in [0.4, 0.5) is 0 Å². The average Bonchev–Trinajstić information content (AvgIpc) is 2.12. The number of nitrogens with two attached hydrogens (primary N) is 1. The molecule has 0 aromatic heterocycles. The molecule has 15 heavy (non-hydrogen) atoms. The van der Waals surface area contributed by atoms with Gasteiger partial charge in [0.15, 0.2) is 0 Å². The lowest BCUT2D eigenvalue weighted by Crippen LogP contribution is -2.37. The minimum Gasteiger partial charge on any atom is -0.466 e. The molecule has 0 spiro atoms. The van der Waals surface area contributed by atoms with Crippen LogP contribution in [0.15, 0.2) is 12.2 Å². The molecular weight excluding hydrogens is 214 g/mol. The van der Waals surface area contributed by atoms with Crippen LogP contribution in [0.2, 0.25) is 0 Å². The minimum absolute atomic E-state index is 0. The third kappa shape index (κ3) is 4.67. The van der Waals surface area contributed by atoms with Gasteiger partial charge in [0.2, 0.25) is 0 Å². The number of hydrogen-bond donors (Lipinski definition) is 1. The topological polar surface area (TPSA) is 52.3 Å². The fraction of sp³-hybridized carbons (Fsp3) is 0.727. The van der Waals surface area contributed by atoms with Crippen LogP contribution in [0.1, 0.15) is 32.6 Å². The van der Waals surface area contributed by atoms with E-state index in [2.05, 4.69) is 12.2 Å². The summed E-state index contributed by atoms with van der Waals surface area (Å²) in [6.45, 7) is 2.27. The number of rotatable bonds is 2. The molecule has 0 aromatic carbocycles. The first-order valence-electron chi connectivity index (χ1n) is 5.33. The summed E-state index contributed by atoms with van der Waals surface area (Å²) in [5.41, 5.74) is 5.94. The van der Waals surface area contributed by atoms with Crippen LogP contribution in [0, 0.1) is 5.92 Å². The molecule has 4 heteroatoms. The molecule has 1 aliphatic carbocycles. The zero-order chi connectivity index (χ0) is 10.4. The van der Waals surface area contributed by atoms with Gasteiger partial charge >= 0.3 is 5.97 Å². The summed E-state index contributed by atoms with van der Waals surface area (Å²) in [6.07, 6.45) is 7.85. The Bertz CT molecular complexity index is 219. The van der Waals surface area contributed by atoms with Gasteiger partial charge in [-0.2, -0.15) is 0 Å². The molecule has 0 radical (unpaired) electrons. The van der Waals surface area contributed by atoms with Crippen molar-refractivity contribution in [1.29, 1.82) is 0 Å². The highest BCUT2D eigenvalue weighted by atomic mass is 35.5. The van der Waals surface area contributed by atoms with E-state index >= 15 is 0 Å². The highest BCUT2D eigenvalue weighted by Gasteiger charge is 2.26. The largest absolute Gasteiger partial charge is 0.466 e. The van der Waals surface area contributed by atoms with Crippen molar-refractivity contribution in [3.63, 3.8) is 0 Å². The van der Waals surface area contributed by atoms with E-state index in [0.717, 1.165) is 25.7 Å². The Balaban J connectivity index is 0.00000196. The molecule has 2 atom stereocenters. The van der Waals surface area contributed by atoms with Gasteiger partial charge in [-0.05, 0) is 32.6 Å². The Morgan fingerprint density at radius 2 is 2.00 bits per heavy atom. The Morgan fingerprint density at radius 3 is 2.60 bits per heavy atom. The lowest BCUT2D eigenvalue weighted by Gasteiger charge is -2.22. The minimum atomic E-state index is -0.129. The van der Waals surface area contributed by atoms with Crippen molar-refractivity contribution in [3.05, 3.63) is 12.2 Å². The van der Waals surface area contributed by atoms with Crippen molar-refractivity contribution < 1.29 is 9.53 Å². The van der Waals surface area contributed by atoms with Crippen LogP contribution >= 0.6 is 12.4 Å². The third-order valence-electron chi connectivity index (χ3n) is 2.58. The highest BCUT2D eigenvalue weighted by molar-refractivity contribution is 5.85. The fourth-order valence-corrected chi connectivity index (χ4v) is 1.76. The number of carbonyl (C=O) groups is 1. The Hall–Kier alpha value is -0.540. The van der Waals surface area contributed by atoms with E-state index in [4.69, 9.17) is 10.5 Å². The van der Waals surface area contributed by atoms with E-state index in [9.17, 15) is 4.79 Å². The SMILES string of the molecule is CCOC(=O)[C@H]1CC/C=C\CC[C@@H]1N.Cl. The molecule has 0 amide bonds. The first-order valence-corrected chi connectivity index (χ1v) is 5.33. The van der Waals surface area contributed by atoms with Gasteiger partial charge in [-0.1, -0.05) is 12.2 Å². The maximum atomic E-state index is 11.5. The number of halogens is 1. The number of allylic oxidation sites excluding steroid dienone is 2. The second-order valence-corrected chi connectivity index (χ2v) is 3.65. The zero-order valence-corrected chi connectivity index (χ0v) is 9.96. The summed E-state index contributed by atoms with van der Waals surface area (Å²) < 4.78 is 5.01. The average molecular weight is 234 g/mol. The van der Waals surface area contributed by atoms with Gasteiger partial charge in [-0.25, -0.2) is 0 Å². The standard InChI is InChI=1S/C11H19NO2.ClH/c1-2-14-11(13)9-7-5-3-4-6-8-10(9)12;/h3-4,9-10H,2,5-8,12H2,1H3;1H/b4-3-;/t9-,10-;/m0./s1. The van der Waals surface area contributed by atoms with E-state index in [-0.39, 0.29) is 30.3 Å². The maximum absolute atomic E-state index is 11.5. The van der Waals surface area contributed by atoms with Crippen molar-refractivity contribution in [2.24, 2.45) is 11.7 Å². The molecule has 0 saturated heterocycles. The van der Waals surface area contributed by atoms with E-state index in [1.807, 2.05) is 6.92 Å². The quantitative estimate of drug-likeness (QED) is 0.587. The number of hydrogen-bond acceptors (Lipinski definition) is 3. The van der Waals surface area contributed by atoms with Gasteiger partial charge < -0.3 is 10.5 Å². The summed E-state index contributed by atoms with van der Waals surface area (Å²) in [5.74, 6) is -0.241. The molecule has 0 aromatic rings. The Morgan fingerprint density at radius 1 is 1.40 bits per heavy atom. The van der Waals surface area contributed by atoms with Crippen LogP contribution in [0.25, 0.3) is 0 Å². The second-order valence-electron chi connectivity index (χ2n) is 3.65. The van der Waals surface area contributed by atoms with Gasteiger partial charge in [0.25, 0.3) is 0 Å². The van der Waals surface area contributed by atoms with Crippen LogP contribution < -0.4 is 5.73 Å². The van der Waals surface area contributed by atoms with E-state index in [1.165, 1.54) is 0 Å².